The molecule has 0 aliphatic heterocycles. The van der Waals surface area contributed by atoms with Crippen molar-refractivity contribution in [3.8, 4) is 0 Å². The monoisotopic (exact) mass is 280 g/mol. The fourth-order valence-corrected chi connectivity index (χ4v) is 2.36. The van der Waals surface area contributed by atoms with E-state index in [9.17, 15) is 4.79 Å². The fourth-order valence-electron chi connectivity index (χ4n) is 2.36. The highest BCUT2D eigenvalue weighted by atomic mass is 16.1. The summed E-state index contributed by atoms with van der Waals surface area (Å²) in [6.07, 6.45) is 0.472. The fraction of sp³-hybridized carbons (Fsp3) is 0.350. The van der Waals surface area contributed by atoms with E-state index < -0.39 is 0 Å². The molecule has 0 saturated heterocycles. The van der Waals surface area contributed by atoms with Crippen LogP contribution in [0.4, 0.5) is 0 Å². The number of hydrogen-bond acceptors (Lipinski definition) is 1. The van der Waals surface area contributed by atoms with Crippen molar-refractivity contribution in [1.82, 2.24) is 0 Å². The molecule has 2 aromatic rings. The van der Waals surface area contributed by atoms with E-state index in [1.54, 1.807) is 0 Å². The molecule has 0 bridgehead atoms. The second kappa shape index (κ2) is 6.71. The number of benzene rings is 2. The highest BCUT2D eigenvalue weighted by molar-refractivity contribution is 5.97. The average molecular weight is 280 g/mol. The van der Waals surface area contributed by atoms with Crippen LogP contribution in [-0.4, -0.2) is 5.78 Å². The summed E-state index contributed by atoms with van der Waals surface area (Å²) >= 11 is 0. The van der Waals surface area contributed by atoms with Crippen LogP contribution in [-0.2, 0) is 6.42 Å². The minimum absolute atomic E-state index is 0.183. The summed E-state index contributed by atoms with van der Waals surface area (Å²) in [5.41, 5.74) is 4.46. The molecule has 0 unspecified atom stereocenters. The molecule has 0 N–H and O–H groups in total. The first-order chi connectivity index (χ1) is 9.97. The highest BCUT2D eigenvalue weighted by Crippen LogP contribution is 2.18. The van der Waals surface area contributed by atoms with Crippen molar-refractivity contribution in [3.63, 3.8) is 0 Å². The highest BCUT2D eigenvalue weighted by Gasteiger charge is 2.08. The summed E-state index contributed by atoms with van der Waals surface area (Å²) in [5, 5.41) is 0. The molecule has 110 valence electrons. The molecule has 0 heterocycles. The Morgan fingerprint density at radius 3 is 1.62 bits per heavy atom. The molecule has 0 spiro atoms. The Balaban J connectivity index is 2.06. The van der Waals surface area contributed by atoms with E-state index in [1.165, 1.54) is 11.1 Å². The van der Waals surface area contributed by atoms with Gasteiger partial charge in [-0.15, -0.1) is 0 Å². The third kappa shape index (κ3) is 4.04. The van der Waals surface area contributed by atoms with Crippen LogP contribution in [0.25, 0.3) is 0 Å². The number of rotatable bonds is 5. The molecule has 1 nitrogen and oxygen atoms in total. The van der Waals surface area contributed by atoms with E-state index in [2.05, 4.69) is 64.1 Å². The lowest BCUT2D eigenvalue weighted by atomic mass is 9.96. The molecule has 2 rings (SSSR count). The van der Waals surface area contributed by atoms with Gasteiger partial charge in [-0.05, 0) is 28.5 Å². The summed E-state index contributed by atoms with van der Waals surface area (Å²) in [4.78, 5) is 12.3. The second-order valence-corrected chi connectivity index (χ2v) is 6.27. The van der Waals surface area contributed by atoms with Gasteiger partial charge in [-0.2, -0.15) is 0 Å². The summed E-state index contributed by atoms with van der Waals surface area (Å²) in [5.74, 6) is 1.21. The maximum Gasteiger partial charge on any atom is 0.167 e. The van der Waals surface area contributed by atoms with Gasteiger partial charge in [-0.3, -0.25) is 4.79 Å². The quantitative estimate of drug-likeness (QED) is 0.674. The summed E-state index contributed by atoms with van der Waals surface area (Å²) in [6.45, 7) is 8.67. The molecule has 21 heavy (non-hydrogen) atoms. The molecule has 2 aromatic carbocycles. The van der Waals surface area contributed by atoms with E-state index in [0.29, 0.717) is 18.3 Å². The van der Waals surface area contributed by atoms with Gasteiger partial charge in [0.05, 0.1) is 0 Å². The van der Waals surface area contributed by atoms with Crippen molar-refractivity contribution < 1.29 is 4.79 Å². The minimum Gasteiger partial charge on any atom is -0.294 e. The summed E-state index contributed by atoms with van der Waals surface area (Å²) in [6, 6.07) is 16.4. The largest absolute Gasteiger partial charge is 0.294 e. The number of Topliss-reactive ketones (excluding diaryl/α,β-unsaturated/α-hetero) is 1. The zero-order valence-electron chi connectivity index (χ0n) is 13.4. The predicted molar refractivity (Wildman–Crippen MR) is 89.1 cm³/mol. The van der Waals surface area contributed by atoms with Crippen LogP contribution in [0.1, 0.15) is 66.6 Å². The molecule has 1 heteroatoms. The van der Waals surface area contributed by atoms with Crippen LogP contribution in [0.15, 0.2) is 48.5 Å². The van der Waals surface area contributed by atoms with Crippen LogP contribution < -0.4 is 0 Å². The smallest absolute Gasteiger partial charge is 0.167 e. The van der Waals surface area contributed by atoms with Crippen molar-refractivity contribution in [2.24, 2.45) is 0 Å². The molecule has 0 aliphatic carbocycles. The average Bonchev–Trinajstić information content (AvgIpc) is 2.47. The number of hydrogen-bond donors (Lipinski definition) is 0. The van der Waals surface area contributed by atoms with Crippen molar-refractivity contribution in [2.45, 2.75) is 46.0 Å². The lowest BCUT2D eigenvalue weighted by Gasteiger charge is -2.08. The maximum absolute atomic E-state index is 12.3. The molecule has 0 aromatic heterocycles. The summed E-state index contributed by atoms with van der Waals surface area (Å²) < 4.78 is 0. The molecule has 0 atom stereocenters. The lowest BCUT2D eigenvalue weighted by molar-refractivity contribution is 0.0993. The van der Waals surface area contributed by atoms with Crippen LogP contribution in [0, 0.1) is 0 Å². The van der Waals surface area contributed by atoms with Crippen LogP contribution in [0.3, 0.4) is 0 Å². The second-order valence-electron chi connectivity index (χ2n) is 6.27. The van der Waals surface area contributed by atoms with Crippen molar-refractivity contribution in [3.05, 3.63) is 70.8 Å². The number of carbonyl (C=O) groups is 1. The van der Waals surface area contributed by atoms with Gasteiger partial charge >= 0.3 is 0 Å². The normalized spacial score (nSPS) is 11.1. The van der Waals surface area contributed by atoms with E-state index in [1.807, 2.05) is 12.1 Å². The Labute approximate surface area is 128 Å². The van der Waals surface area contributed by atoms with Gasteiger partial charge in [0.1, 0.15) is 0 Å². The minimum atomic E-state index is 0.183. The van der Waals surface area contributed by atoms with Gasteiger partial charge in [0.2, 0.25) is 0 Å². The Hall–Kier alpha value is -1.89. The van der Waals surface area contributed by atoms with E-state index in [0.717, 1.165) is 11.1 Å². The van der Waals surface area contributed by atoms with Crippen LogP contribution in [0.5, 0.6) is 0 Å². The van der Waals surface area contributed by atoms with E-state index in [4.69, 9.17) is 0 Å². The van der Waals surface area contributed by atoms with Crippen LogP contribution in [0.2, 0.25) is 0 Å². The predicted octanol–water partition coefficient (Wildman–Crippen LogP) is 5.36. The topological polar surface area (TPSA) is 17.1 Å². The van der Waals surface area contributed by atoms with Crippen LogP contribution >= 0.6 is 0 Å². The molecule has 0 saturated carbocycles. The van der Waals surface area contributed by atoms with Crippen molar-refractivity contribution in [1.29, 1.82) is 0 Å². The maximum atomic E-state index is 12.3. The van der Waals surface area contributed by atoms with Gasteiger partial charge in [0.15, 0.2) is 5.78 Å². The third-order valence-electron chi connectivity index (χ3n) is 3.91. The van der Waals surface area contributed by atoms with E-state index in [-0.39, 0.29) is 5.78 Å². The first kappa shape index (κ1) is 15.5. The zero-order valence-corrected chi connectivity index (χ0v) is 13.4. The zero-order chi connectivity index (χ0) is 15.4. The lowest BCUT2D eigenvalue weighted by Crippen LogP contribution is -2.04. The van der Waals surface area contributed by atoms with Gasteiger partial charge in [0, 0.05) is 12.0 Å². The van der Waals surface area contributed by atoms with Gasteiger partial charge < -0.3 is 0 Å². The van der Waals surface area contributed by atoms with Gasteiger partial charge in [-0.25, -0.2) is 0 Å². The molecule has 0 aliphatic rings. The number of carbonyl (C=O) groups excluding carboxylic acids is 1. The van der Waals surface area contributed by atoms with Gasteiger partial charge in [-0.1, -0.05) is 76.2 Å². The first-order valence-corrected chi connectivity index (χ1v) is 7.69. The standard InChI is InChI=1S/C20H24O/c1-14(2)17-7-5-16(6-8-17)13-20(21)19-11-9-18(10-12-19)15(3)4/h5-12,14-15H,13H2,1-4H3. The van der Waals surface area contributed by atoms with Crippen molar-refractivity contribution in [2.75, 3.05) is 0 Å². The Kier molecular flexibility index (Phi) is 4.95. The first-order valence-electron chi connectivity index (χ1n) is 7.69. The van der Waals surface area contributed by atoms with Gasteiger partial charge in [0.25, 0.3) is 0 Å². The Bertz CT molecular complexity index is 589. The van der Waals surface area contributed by atoms with E-state index >= 15 is 0 Å². The molecule has 0 fully saturated rings. The third-order valence-corrected chi connectivity index (χ3v) is 3.91. The Morgan fingerprint density at radius 1 is 0.762 bits per heavy atom. The SMILES string of the molecule is CC(C)c1ccc(CC(=O)c2ccc(C(C)C)cc2)cc1. The Morgan fingerprint density at radius 2 is 1.19 bits per heavy atom. The number of ketones is 1. The van der Waals surface area contributed by atoms with Crippen molar-refractivity contribution >= 4 is 5.78 Å². The molecule has 0 amide bonds. The molecular weight excluding hydrogens is 256 g/mol. The molecule has 0 radical (unpaired) electrons. The summed E-state index contributed by atoms with van der Waals surface area (Å²) in [7, 11) is 0. The molecular formula is C20H24O.